The molecule has 1 nitrogen and oxygen atoms in total. The van der Waals surface area contributed by atoms with Gasteiger partial charge < -0.3 is 4.79 Å². The van der Waals surface area contributed by atoms with E-state index in [0.717, 1.165) is 25.5 Å². The molecule has 0 radical (unpaired) electrons. The van der Waals surface area contributed by atoms with Crippen LogP contribution in [0.3, 0.4) is 0 Å². The van der Waals surface area contributed by atoms with E-state index >= 15 is 0 Å². The van der Waals surface area contributed by atoms with E-state index in [9.17, 15) is 4.79 Å². The van der Waals surface area contributed by atoms with Gasteiger partial charge >= 0.3 is 0 Å². The van der Waals surface area contributed by atoms with Gasteiger partial charge in [0.15, 0.2) is 0 Å². The van der Waals surface area contributed by atoms with Crippen molar-refractivity contribution < 1.29 is 4.79 Å². The fourth-order valence-corrected chi connectivity index (χ4v) is 1.39. The molecule has 0 aromatic heterocycles. The summed E-state index contributed by atoms with van der Waals surface area (Å²) in [6, 6.07) is 0. The summed E-state index contributed by atoms with van der Waals surface area (Å²) in [5.41, 5.74) is 2.54. The van der Waals surface area contributed by atoms with E-state index in [2.05, 4.69) is 12.7 Å². The summed E-state index contributed by atoms with van der Waals surface area (Å²) < 4.78 is 0. The predicted molar refractivity (Wildman–Crippen MR) is 46.4 cm³/mol. The number of allylic oxidation sites excluding steroid dienone is 3. The molecule has 0 unspecified atom stereocenters. The fraction of sp³-hybridized carbons (Fsp3) is 0.500. The van der Waals surface area contributed by atoms with Gasteiger partial charge in [0.05, 0.1) is 0 Å². The summed E-state index contributed by atoms with van der Waals surface area (Å²) in [5, 5.41) is 0. The van der Waals surface area contributed by atoms with Crippen molar-refractivity contribution in [2.45, 2.75) is 32.1 Å². The standard InChI is InChI=1S/C10H14O/c1-9-5-2-3-6-10(9)7-4-8-11/h6,8H,1-5,7H2. The van der Waals surface area contributed by atoms with E-state index in [-0.39, 0.29) is 0 Å². The minimum atomic E-state index is 0.644. The van der Waals surface area contributed by atoms with Crippen LogP contribution < -0.4 is 0 Å². The molecule has 0 aliphatic heterocycles. The molecule has 1 aliphatic carbocycles. The highest BCUT2D eigenvalue weighted by molar-refractivity contribution is 5.50. The maximum absolute atomic E-state index is 10.1. The molecule has 0 atom stereocenters. The Balaban J connectivity index is 2.46. The summed E-state index contributed by atoms with van der Waals surface area (Å²) in [5.74, 6) is 0. The van der Waals surface area contributed by atoms with Gasteiger partial charge in [0, 0.05) is 6.42 Å². The minimum absolute atomic E-state index is 0.644. The van der Waals surface area contributed by atoms with E-state index in [4.69, 9.17) is 0 Å². The summed E-state index contributed by atoms with van der Waals surface area (Å²) in [6.45, 7) is 3.96. The quantitative estimate of drug-likeness (QED) is 0.565. The molecule has 1 aliphatic rings. The number of carbonyl (C=O) groups is 1. The fourth-order valence-electron chi connectivity index (χ4n) is 1.39. The Bertz CT molecular complexity index is 189. The third-order valence-corrected chi connectivity index (χ3v) is 2.06. The molecule has 1 heteroatoms. The first-order valence-electron chi connectivity index (χ1n) is 4.15. The number of rotatable bonds is 3. The average molecular weight is 150 g/mol. The summed E-state index contributed by atoms with van der Waals surface area (Å²) in [7, 11) is 0. The lowest BCUT2D eigenvalue weighted by Crippen LogP contribution is -1.95. The topological polar surface area (TPSA) is 17.1 Å². The Morgan fingerprint density at radius 2 is 2.45 bits per heavy atom. The molecule has 0 fully saturated rings. The van der Waals surface area contributed by atoms with Crippen LogP contribution >= 0.6 is 0 Å². The van der Waals surface area contributed by atoms with Crippen molar-refractivity contribution in [3.8, 4) is 0 Å². The SMILES string of the molecule is C=C1CCCC=C1CCC=O. The molecule has 0 saturated carbocycles. The van der Waals surface area contributed by atoms with Crippen LogP contribution in [0.15, 0.2) is 23.8 Å². The van der Waals surface area contributed by atoms with Gasteiger partial charge in [-0.05, 0) is 31.3 Å². The number of carbonyl (C=O) groups excluding carboxylic acids is 1. The maximum Gasteiger partial charge on any atom is 0.120 e. The molecule has 1 rings (SSSR count). The summed E-state index contributed by atoms with van der Waals surface area (Å²) in [6.07, 6.45) is 8.23. The van der Waals surface area contributed by atoms with Crippen molar-refractivity contribution in [2.75, 3.05) is 0 Å². The number of hydrogen-bond acceptors (Lipinski definition) is 1. The highest BCUT2D eigenvalue weighted by Gasteiger charge is 2.06. The molecule has 0 amide bonds. The Morgan fingerprint density at radius 1 is 1.64 bits per heavy atom. The van der Waals surface area contributed by atoms with Crippen molar-refractivity contribution in [3.05, 3.63) is 23.8 Å². The monoisotopic (exact) mass is 150 g/mol. The van der Waals surface area contributed by atoms with E-state index in [1.54, 1.807) is 0 Å². The minimum Gasteiger partial charge on any atom is -0.303 e. The second-order valence-electron chi connectivity index (χ2n) is 2.93. The molecule has 0 aromatic carbocycles. The normalized spacial score (nSPS) is 17.8. The lowest BCUT2D eigenvalue weighted by molar-refractivity contribution is -0.107. The van der Waals surface area contributed by atoms with Crippen LogP contribution in [0.5, 0.6) is 0 Å². The second kappa shape index (κ2) is 4.12. The lowest BCUT2D eigenvalue weighted by Gasteiger charge is -2.14. The zero-order chi connectivity index (χ0) is 8.10. The van der Waals surface area contributed by atoms with Crippen LogP contribution in [-0.2, 0) is 4.79 Å². The van der Waals surface area contributed by atoms with E-state index < -0.39 is 0 Å². The van der Waals surface area contributed by atoms with Crippen LogP contribution in [0.2, 0.25) is 0 Å². The number of hydrogen-bond donors (Lipinski definition) is 0. The van der Waals surface area contributed by atoms with Crippen molar-refractivity contribution in [1.29, 1.82) is 0 Å². The highest BCUT2D eigenvalue weighted by Crippen LogP contribution is 2.25. The van der Waals surface area contributed by atoms with E-state index in [0.29, 0.717) is 6.42 Å². The van der Waals surface area contributed by atoms with Crippen LogP contribution in [0.1, 0.15) is 32.1 Å². The second-order valence-corrected chi connectivity index (χ2v) is 2.93. The first kappa shape index (κ1) is 8.25. The molecular weight excluding hydrogens is 136 g/mol. The van der Waals surface area contributed by atoms with Gasteiger partial charge in [-0.15, -0.1) is 0 Å². The van der Waals surface area contributed by atoms with Gasteiger partial charge in [0.1, 0.15) is 6.29 Å². The molecule has 11 heavy (non-hydrogen) atoms. The first-order chi connectivity index (χ1) is 5.34. The van der Waals surface area contributed by atoms with Gasteiger partial charge in [-0.1, -0.05) is 18.2 Å². The van der Waals surface area contributed by atoms with Crippen LogP contribution in [-0.4, -0.2) is 6.29 Å². The molecule has 0 bridgehead atoms. The molecular formula is C10H14O. The first-order valence-corrected chi connectivity index (χ1v) is 4.15. The van der Waals surface area contributed by atoms with Crippen molar-refractivity contribution >= 4 is 6.29 Å². The Hall–Kier alpha value is -0.850. The van der Waals surface area contributed by atoms with Crippen LogP contribution in [0.4, 0.5) is 0 Å². The zero-order valence-corrected chi connectivity index (χ0v) is 6.81. The van der Waals surface area contributed by atoms with Gasteiger partial charge in [0.2, 0.25) is 0 Å². The summed E-state index contributed by atoms with van der Waals surface area (Å²) >= 11 is 0. The number of aldehydes is 1. The molecule has 60 valence electrons. The largest absolute Gasteiger partial charge is 0.303 e. The van der Waals surface area contributed by atoms with Gasteiger partial charge in [0.25, 0.3) is 0 Å². The highest BCUT2D eigenvalue weighted by atomic mass is 16.1. The summed E-state index contributed by atoms with van der Waals surface area (Å²) in [4.78, 5) is 10.1. The van der Waals surface area contributed by atoms with Gasteiger partial charge in [-0.25, -0.2) is 0 Å². The maximum atomic E-state index is 10.1. The Morgan fingerprint density at radius 3 is 3.09 bits per heavy atom. The van der Waals surface area contributed by atoms with Crippen LogP contribution in [0.25, 0.3) is 0 Å². The van der Waals surface area contributed by atoms with Crippen molar-refractivity contribution in [1.82, 2.24) is 0 Å². The molecule has 0 aromatic rings. The molecule has 0 heterocycles. The molecule has 0 N–H and O–H groups in total. The van der Waals surface area contributed by atoms with Crippen LogP contribution in [0, 0.1) is 0 Å². The lowest BCUT2D eigenvalue weighted by atomic mass is 9.92. The Kier molecular flexibility index (Phi) is 3.09. The molecule has 0 spiro atoms. The molecule has 0 saturated heterocycles. The Labute approximate surface area is 67.8 Å². The van der Waals surface area contributed by atoms with E-state index in [1.807, 2.05) is 0 Å². The van der Waals surface area contributed by atoms with Crippen molar-refractivity contribution in [3.63, 3.8) is 0 Å². The van der Waals surface area contributed by atoms with Gasteiger partial charge in [-0.3, -0.25) is 0 Å². The average Bonchev–Trinajstić information content (AvgIpc) is 2.03. The predicted octanol–water partition coefficient (Wildman–Crippen LogP) is 2.63. The van der Waals surface area contributed by atoms with E-state index in [1.165, 1.54) is 17.6 Å². The zero-order valence-electron chi connectivity index (χ0n) is 6.81. The smallest absolute Gasteiger partial charge is 0.120 e. The third kappa shape index (κ3) is 2.34. The van der Waals surface area contributed by atoms with Gasteiger partial charge in [-0.2, -0.15) is 0 Å². The van der Waals surface area contributed by atoms with Crippen molar-refractivity contribution in [2.24, 2.45) is 0 Å². The third-order valence-electron chi connectivity index (χ3n) is 2.06.